The zero-order chi connectivity index (χ0) is 12.3. The van der Waals surface area contributed by atoms with Gasteiger partial charge in [0.05, 0.1) is 6.42 Å². The molecular formula is C7H9F5O3. The Morgan fingerprint density at radius 2 is 1.80 bits per heavy atom. The van der Waals surface area contributed by atoms with Gasteiger partial charge in [-0.05, 0) is 6.92 Å². The van der Waals surface area contributed by atoms with Crippen molar-refractivity contribution in [1.82, 2.24) is 0 Å². The summed E-state index contributed by atoms with van der Waals surface area (Å²) in [5, 5.41) is 8.46. The molecule has 1 atom stereocenters. The summed E-state index contributed by atoms with van der Waals surface area (Å²) >= 11 is 0. The fraction of sp³-hybridized carbons (Fsp3) is 0.857. The molecule has 90 valence electrons. The lowest BCUT2D eigenvalue weighted by Crippen LogP contribution is -2.37. The fourth-order valence-corrected chi connectivity index (χ4v) is 0.650. The van der Waals surface area contributed by atoms with Gasteiger partial charge in [0.2, 0.25) is 0 Å². The van der Waals surface area contributed by atoms with Gasteiger partial charge in [0, 0.05) is 6.42 Å². The van der Waals surface area contributed by atoms with Gasteiger partial charge in [-0.25, -0.2) is 0 Å². The number of aliphatic hydroxyl groups is 1. The first-order chi connectivity index (χ1) is 6.56. The Labute approximate surface area is 81.8 Å². The van der Waals surface area contributed by atoms with Gasteiger partial charge >= 0.3 is 18.1 Å². The van der Waals surface area contributed by atoms with E-state index in [4.69, 9.17) is 5.11 Å². The van der Waals surface area contributed by atoms with Crippen molar-refractivity contribution in [2.75, 3.05) is 0 Å². The predicted molar refractivity (Wildman–Crippen MR) is 38.0 cm³/mol. The van der Waals surface area contributed by atoms with Gasteiger partial charge in [-0.15, -0.1) is 0 Å². The molecule has 0 spiro atoms. The van der Waals surface area contributed by atoms with E-state index in [2.05, 4.69) is 4.74 Å². The number of carbonyl (C=O) groups excluding carboxylic acids is 1. The zero-order valence-electron chi connectivity index (χ0n) is 7.65. The van der Waals surface area contributed by atoms with Crippen LogP contribution in [0.1, 0.15) is 19.8 Å². The normalized spacial score (nSPS) is 14.9. The summed E-state index contributed by atoms with van der Waals surface area (Å²) in [6, 6.07) is 0. The standard InChI is InChI=1S/C7H9F5O3/c1-4(13)15-5(14)2-3-6(8,9)7(10,11)12/h4,13H,2-3H2,1H3. The smallest absolute Gasteiger partial charge is 0.436 e. The number of hydrogen-bond acceptors (Lipinski definition) is 3. The van der Waals surface area contributed by atoms with Gasteiger partial charge in [0.15, 0.2) is 6.29 Å². The molecule has 3 nitrogen and oxygen atoms in total. The Bertz CT molecular complexity index is 223. The van der Waals surface area contributed by atoms with Crippen molar-refractivity contribution < 1.29 is 36.6 Å². The summed E-state index contributed by atoms with van der Waals surface area (Å²) < 4.78 is 63.2. The Balaban J connectivity index is 4.10. The third-order valence-corrected chi connectivity index (χ3v) is 1.36. The van der Waals surface area contributed by atoms with Gasteiger partial charge in [0.1, 0.15) is 0 Å². The number of esters is 1. The molecule has 0 aromatic heterocycles. The van der Waals surface area contributed by atoms with Crippen LogP contribution in [0.4, 0.5) is 22.0 Å². The van der Waals surface area contributed by atoms with Crippen molar-refractivity contribution in [1.29, 1.82) is 0 Å². The molecular weight excluding hydrogens is 227 g/mol. The molecule has 0 bridgehead atoms. The van der Waals surface area contributed by atoms with E-state index in [9.17, 15) is 26.7 Å². The Kier molecular flexibility index (Phi) is 4.44. The van der Waals surface area contributed by atoms with Crippen LogP contribution in [0.15, 0.2) is 0 Å². The molecule has 0 rings (SSSR count). The van der Waals surface area contributed by atoms with Crippen LogP contribution in [0.3, 0.4) is 0 Å². The van der Waals surface area contributed by atoms with E-state index in [-0.39, 0.29) is 0 Å². The fourth-order valence-electron chi connectivity index (χ4n) is 0.650. The number of ether oxygens (including phenoxy) is 1. The average Bonchev–Trinajstić information content (AvgIpc) is 1.97. The summed E-state index contributed by atoms with van der Waals surface area (Å²) in [6.07, 6.45) is -10.0. The SMILES string of the molecule is CC(O)OC(=O)CCC(F)(F)C(F)(F)F. The summed E-state index contributed by atoms with van der Waals surface area (Å²) in [6.45, 7) is 1.03. The first kappa shape index (κ1) is 14.1. The van der Waals surface area contributed by atoms with E-state index in [0.717, 1.165) is 6.92 Å². The van der Waals surface area contributed by atoms with Crippen LogP contribution in [0.2, 0.25) is 0 Å². The van der Waals surface area contributed by atoms with Crippen molar-refractivity contribution >= 4 is 5.97 Å². The molecule has 0 aliphatic heterocycles. The Hall–Kier alpha value is -0.920. The van der Waals surface area contributed by atoms with E-state index in [1.54, 1.807) is 0 Å². The molecule has 0 fully saturated rings. The molecule has 0 aromatic rings. The molecule has 0 aliphatic rings. The number of alkyl halides is 5. The average molecular weight is 236 g/mol. The van der Waals surface area contributed by atoms with Crippen LogP contribution in [-0.4, -0.2) is 29.5 Å². The largest absolute Gasteiger partial charge is 0.453 e. The molecule has 1 N–H and O–H groups in total. The molecule has 0 heterocycles. The van der Waals surface area contributed by atoms with Crippen LogP contribution in [-0.2, 0) is 9.53 Å². The number of carbonyl (C=O) groups is 1. The quantitative estimate of drug-likeness (QED) is 0.460. The summed E-state index contributed by atoms with van der Waals surface area (Å²) in [7, 11) is 0. The molecule has 0 amide bonds. The Morgan fingerprint density at radius 1 is 1.33 bits per heavy atom. The first-order valence-electron chi connectivity index (χ1n) is 3.88. The first-order valence-corrected chi connectivity index (χ1v) is 3.88. The highest BCUT2D eigenvalue weighted by atomic mass is 19.4. The maximum Gasteiger partial charge on any atom is 0.453 e. The minimum atomic E-state index is -5.68. The van der Waals surface area contributed by atoms with Crippen LogP contribution in [0, 0.1) is 0 Å². The highest BCUT2D eigenvalue weighted by molar-refractivity contribution is 5.69. The molecule has 8 heteroatoms. The van der Waals surface area contributed by atoms with Gasteiger partial charge in [-0.3, -0.25) is 4.79 Å². The molecule has 0 aliphatic carbocycles. The number of aliphatic hydroxyl groups excluding tert-OH is 1. The maximum atomic E-state index is 12.2. The second-order valence-corrected chi connectivity index (χ2v) is 2.79. The molecule has 0 saturated heterocycles. The third-order valence-electron chi connectivity index (χ3n) is 1.36. The minimum Gasteiger partial charge on any atom is -0.436 e. The molecule has 15 heavy (non-hydrogen) atoms. The molecule has 0 aromatic carbocycles. The second kappa shape index (κ2) is 4.73. The lowest BCUT2D eigenvalue weighted by Gasteiger charge is -2.18. The van der Waals surface area contributed by atoms with Gasteiger partial charge in [-0.1, -0.05) is 0 Å². The third kappa shape index (κ3) is 4.91. The summed E-state index contributed by atoms with van der Waals surface area (Å²) in [4.78, 5) is 10.5. The minimum absolute atomic E-state index is 1.03. The van der Waals surface area contributed by atoms with Crippen molar-refractivity contribution in [3.05, 3.63) is 0 Å². The second-order valence-electron chi connectivity index (χ2n) is 2.79. The predicted octanol–water partition coefficient (Wildman–Crippen LogP) is 1.85. The van der Waals surface area contributed by atoms with Crippen LogP contribution < -0.4 is 0 Å². The monoisotopic (exact) mass is 236 g/mol. The van der Waals surface area contributed by atoms with Crippen molar-refractivity contribution in [2.45, 2.75) is 38.2 Å². The van der Waals surface area contributed by atoms with Gasteiger partial charge in [-0.2, -0.15) is 22.0 Å². The molecule has 1 unspecified atom stereocenters. The van der Waals surface area contributed by atoms with Gasteiger partial charge in [0.25, 0.3) is 0 Å². The van der Waals surface area contributed by atoms with Crippen molar-refractivity contribution in [3.63, 3.8) is 0 Å². The summed E-state index contributed by atoms with van der Waals surface area (Å²) in [5.74, 6) is -6.24. The van der Waals surface area contributed by atoms with E-state index >= 15 is 0 Å². The molecule has 0 radical (unpaired) electrons. The lowest BCUT2D eigenvalue weighted by molar-refractivity contribution is -0.284. The Morgan fingerprint density at radius 3 is 2.13 bits per heavy atom. The highest BCUT2D eigenvalue weighted by Gasteiger charge is 2.56. The highest BCUT2D eigenvalue weighted by Crippen LogP contribution is 2.38. The van der Waals surface area contributed by atoms with E-state index in [1.165, 1.54) is 0 Å². The van der Waals surface area contributed by atoms with Crippen LogP contribution in [0.25, 0.3) is 0 Å². The van der Waals surface area contributed by atoms with Gasteiger partial charge < -0.3 is 9.84 Å². The lowest BCUT2D eigenvalue weighted by atomic mass is 10.2. The van der Waals surface area contributed by atoms with Crippen molar-refractivity contribution in [2.24, 2.45) is 0 Å². The summed E-state index contributed by atoms with van der Waals surface area (Å²) in [5.41, 5.74) is 0. The van der Waals surface area contributed by atoms with E-state index in [0.29, 0.717) is 0 Å². The maximum absolute atomic E-state index is 12.2. The number of halogens is 5. The zero-order valence-corrected chi connectivity index (χ0v) is 7.65. The van der Waals surface area contributed by atoms with Crippen LogP contribution in [0.5, 0.6) is 0 Å². The van der Waals surface area contributed by atoms with Crippen molar-refractivity contribution in [3.8, 4) is 0 Å². The number of rotatable bonds is 4. The topological polar surface area (TPSA) is 46.5 Å². The number of hydrogen-bond donors (Lipinski definition) is 1. The van der Waals surface area contributed by atoms with Crippen LogP contribution >= 0.6 is 0 Å². The van der Waals surface area contributed by atoms with E-state index < -0.39 is 37.2 Å². The molecule has 0 saturated carbocycles. The van der Waals surface area contributed by atoms with E-state index in [1.807, 2.05) is 0 Å².